The number of nitrogens with one attached hydrogen (secondary N) is 2. The van der Waals surface area contributed by atoms with E-state index in [2.05, 4.69) is 10.6 Å². The minimum absolute atomic E-state index is 0.153. The standard InChI is InChI=1S/C25H23ClN4O3/c26-20-14-19(9-10-21(20)30-22(31)11-12-23(30)32)29-25(33)24(17-6-2-1-3-7-17)28-18-8-4-5-16(13-18)15-27/h1-14,24,28,31-32H,15,27H2,(H,29,33). The van der Waals surface area contributed by atoms with Crippen molar-refractivity contribution in [3.63, 3.8) is 0 Å². The monoisotopic (exact) mass is 462 g/mol. The number of rotatable bonds is 7. The highest BCUT2D eigenvalue weighted by Crippen LogP contribution is 2.33. The van der Waals surface area contributed by atoms with Crippen LogP contribution in [0, 0.1) is 0 Å². The predicted octanol–water partition coefficient (Wildman–Crippen LogP) is 4.79. The number of anilines is 2. The van der Waals surface area contributed by atoms with Crippen molar-refractivity contribution in [2.24, 2.45) is 5.73 Å². The third-order valence-electron chi connectivity index (χ3n) is 5.16. The van der Waals surface area contributed by atoms with Gasteiger partial charge < -0.3 is 26.6 Å². The Labute approximate surface area is 196 Å². The van der Waals surface area contributed by atoms with Crippen molar-refractivity contribution in [1.29, 1.82) is 0 Å². The summed E-state index contributed by atoms with van der Waals surface area (Å²) in [5.41, 5.74) is 9.11. The lowest BCUT2D eigenvalue weighted by molar-refractivity contribution is -0.117. The maximum absolute atomic E-state index is 13.3. The quantitative estimate of drug-likeness (QED) is 0.271. The van der Waals surface area contributed by atoms with E-state index >= 15 is 0 Å². The second kappa shape index (κ2) is 9.68. The topological polar surface area (TPSA) is 113 Å². The normalized spacial score (nSPS) is 11.7. The van der Waals surface area contributed by atoms with Gasteiger partial charge in [0.15, 0.2) is 11.8 Å². The van der Waals surface area contributed by atoms with Gasteiger partial charge in [-0.15, -0.1) is 0 Å². The summed E-state index contributed by atoms with van der Waals surface area (Å²) in [7, 11) is 0. The number of aromatic hydroxyl groups is 2. The smallest absolute Gasteiger partial charge is 0.251 e. The van der Waals surface area contributed by atoms with Crippen LogP contribution in [0.15, 0.2) is 84.9 Å². The fourth-order valence-electron chi connectivity index (χ4n) is 3.54. The first kappa shape index (κ1) is 22.3. The molecule has 0 aliphatic rings. The van der Waals surface area contributed by atoms with Crippen LogP contribution in [0.1, 0.15) is 17.2 Å². The third kappa shape index (κ3) is 4.95. The van der Waals surface area contributed by atoms with Crippen LogP contribution in [-0.2, 0) is 11.3 Å². The Morgan fingerprint density at radius 1 is 0.909 bits per heavy atom. The highest BCUT2D eigenvalue weighted by Gasteiger charge is 2.21. The molecule has 6 N–H and O–H groups in total. The number of carbonyl (C=O) groups is 1. The Bertz CT molecular complexity index is 1250. The van der Waals surface area contributed by atoms with Gasteiger partial charge in [-0.25, -0.2) is 0 Å². The van der Waals surface area contributed by atoms with Gasteiger partial charge in [0.2, 0.25) is 0 Å². The molecule has 0 aliphatic carbocycles. The molecule has 1 atom stereocenters. The van der Waals surface area contributed by atoms with Crippen LogP contribution in [0.2, 0.25) is 5.02 Å². The lowest BCUT2D eigenvalue weighted by Crippen LogP contribution is -2.27. The average molecular weight is 463 g/mol. The van der Waals surface area contributed by atoms with Crippen molar-refractivity contribution < 1.29 is 15.0 Å². The van der Waals surface area contributed by atoms with E-state index in [1.807, 2.05) is 54.6 Å². The predicted molar refractivity (Wildman–Crippen MR) is 130 cm³/mol. The summed E-state index contributed by atoms with van der Waals surface area (Å²) in [5.74, 6) is -0.590. The Morgan fingerprint density at radius 2 is 1.64 bits per heavy atom. The SMILES string of the molecule is NCc1cccc(NC(C(=O)Nc2ccc(-n3c(O)ccc3O)c(Cl)c2)c2ccccc2)c1. The molecule has 0 radical (unpaired) electrons. The lowest BCUT2D eigenvalue weighted by Gasteiger charge is -2.21. The Kier molecular flexibility index (Phi) is 6.53. The number of amides is 1. The molecule has 0 fully saturated rings. The molecule has 4 rings (SSSR count). The molecule has 1 heterocycles. The van der Waals surface area contributed by atoms with E-state index in [9.17, 15) is 15.0 Å². The molecule has 1 amide bonds. The number of nitrogens with zero attached hydrogens (tertiary/aromatic N) is 1. The number of carbonyl (C=O) groups excluding carboxylic acids is 1. The molecule has 0 saturated carbocycles. The van der Waals surface area contributed by atoms with Crippen LogP contribution >= 0.6 is 11.6 Å². The van der Waals surface area contributed by atoms with Crippen molar-refractivity contribution in [2.45, 2.75) is 12.6 Å². The molecule has 168 valence electrons. The van der Waals surface area contributed by atoms with E-state index in [0.29, 0.717) is 17.9 Å². The molecule has 1 unspecified atom stereocenters. The number of halogens is 1. The second-order valence-electron chi connectivity index (χ2n) is 7.43. The zero-order chi connectivity index (χ0) is 23.4. The minimum atomic E-state index is -0.671. The summed E-state index contributed by atoms with van der Waals surface area (Å²) in [6.45, 7) is 0.398. The summed E-state index contributed by atoms with van der Waals surface area (Å²) < 4.78 is 1.20. The fourth-order valence-corrected chi connectivity index (χ4v) is 3.81. The zero-order valence-electron chi connectivity index (χ0n) is 17.6. The van der Waals surface area contributed by atoms with Crippen LogP contribution in [-0.4, -0.2) is 20.7 Å². The van der Waals surface area contributed by atoms with Gasteiger partial charge in [0.1, 0.15) is 6.04 Å². The first-order valence-corrected chi connectivity index (χ1v) is 10.6. The van der Waals surface area contributed by atoms with Gasteiger partial charge in [-0.05, 0) is 41.5 Å². The van der Waals surface area contributed by atoms with Crippen LogP contribution in [0.4, 0.5) is 11.4 Å². The van der Waals surface area contributed by atoms with E-state index in [1.165, 1.54) is 16.7 Å². The molecule has 0 spiro atoms. The number of benzene rings is 3. The van der Waals surface area contributed by atoms with Crippen LogP contribution in [0.5, 0.6) is 11.8 Å². The molecule has 33 heavy (non-hydrogen) atoms. The van der Waals surface area contributed by atoms with E-state index in [4.69, 9.17) is 17.3 Å². The summed E-state index contributed by atoms with van der Waals surface area (Å²) in [6, 6.07) is 23.8. The maximum Gasteiger partial charge on any atom is 0.251 e. The Hall–Kier alpha value is -3.94. The van der Waals surface area contributed by atoms with Crippen LogP contribution in [0.3, 0.4) is 0 Å². The van der Waals surface area contributed by atoms with E-state index in [-0.39, 0.29) is 22.7 Å². The number of aromatic nitrogens is 1. The molecule has 7 nitrogen and oxygen atoms in total. The lowest BCUT2D eigenvalue weighted by atomic mass is 10.0. The molecule has 0 bridgehead atoms. The molecular weight excluding hydrogens is 440 g/mol. The molecule has 0 saturated heterocycles. The highest BCUT2D eigenvalue weighted by molar-refractivity contribution is 6.32. The summed E-state index contributed by atoms with van der Waals surface area (Å²) in [6.07, 6.45) is 0. The van der Waals surface area contributed by atoms with Gasteiger partial charge in [-0.1, -0.05) is 54.1 Å². The first-order chi connectivity index (χ1) is 16.0. The zero-order valence-corrected chi connectivity index (χ0v) is 18.3. The van der Waals surface area contributed by atoms with Crippen molar-refractivity contribution in [1.82, 2.24) is 4.57 Å². The van der Waals surface area contributed by atoms with Crippen LogP contribution < -0.4 is 16.4 Å². The van der Waals surface area contributed by atoms with Gasteiger partial charge in [-0.2, -0.15) is 0 Å². The molecule has 4 aromatic rings. The number of hydrogen-bond donors (Lipinski definition) is 5. The van der Waals surface area contributed by atoms with Gasteiger partial charge in [0.25, 0.3) is 5.91 Å². The van der Waals surface area contributed by atoms with Crippen molar-refractivity contribution in [3.05, 3.63) is 101 Å². The van der Waals surface area contributed by atoms with Crippen molar-refractivity contribution >= 4 is 28.9 Å². The summed E-state index contributed by atoms with van der Waals surface area (Å²) in [4.78, 5) is 13.3. The summed E-state index contributed by atoms with van der Waals surface area (Å²) in [5, 5.41) is 26.3. The third-order valence-corrected chi connectivity index (χ3v) is 5.47. The van der Waals surface area contributed by atoms with Gasteiger partial charge in [0, 0.05) is 30.1 Å². The molecular formula is C25H23ClN4O3. The molecule has 1 aromatic heterocycles. The number of hydrogen-bond acceptors (Lipinski definition) is 5. The average Bonchev–Trinajstić information content (AvgIpc) is 3.16. The van der Waals surface area contributed by atoms with Gasteiger partial charge >= 0.3 is 0 Å². The molecule has 3 aromatic carbocycles. The molecule has 0 aliphatic heterocycles. The Balaban J connectivity index is 1.60. The summed E-state index contributed by atoms with van der Waals surface area (Å²) >= 11 is 6.39. The largest absolute Gasteiger partial charge is 0.494 e. The van der Waals surface area contributed by atoms with Gasteiger partial charge in [0.05, 0.1) is 10.7 Å². The van der Waals surface area contributed by atoms with Crippen molar-refractivity contribution in [3.8, 4) is 17.4 Å². The van der Waals surface area contributed by atoms with Crippen molar-refractivity contribution in [2.75, 3.05) is 10.6 Å². The fraction of sp³-hybridized carbons (Fsp3) is 0.0800. The number of nitrogens with two attached hydrogens (primary N) is 1. The van der Waals surface area contributed by atoms with E-state index in [1.54, 1.807) is 18.2 Å². The first-order valence-electron chi connectivity index (χ1n) is 10.3. The highest BCUT2D eigenvalue weighted by atomic mass is 35.5. The van der Waals surface area contributed by atoms with E-state index in [0.717, 1.165) is 16.8 Å². The van der Waals surface area contributed by atoms with E-state index < -0.39 is 6.04 Å². The minimum Gasteiger partial charge on any atom is -0.494 e. The molecule has 8 heteroatoms. The Morgan fingerprint density at radius 3 is 2.30 bits per heavy atom. The maximum atomic E-state index is 13.3. The van der Waals surface area contributed by atoms with Gasteiger partial charge in [-0.3, -0.25) is 9.36 Å². The second-order valence-corrected chi connectivity index (χ2v) is 7.84. The van der Waals surface area contributed by atoms with Crippen LogP contribution in [0.25, 0.3) is 5.69 Å².